The SMILES string of the molecule is COC(=O)Cc1ncc(C(F)(F)F)c(CCl)c1OC(F)(F)F. The molecule has 0 aliphatic rings. The number of hydrogen-bond acceptors (Lipinski definition) is 4. The van der Waals surface area contributed by atoms with Crippen LogP contribution in [0.5, 0.6) is 5.75 Å². The average Bonchev–Trinajstić information content (AvgIpc) is 2.37. The topological polar surface area (TPSA) is 48.4 Å². The second-order valence-electron chi connectivity index (χ2n) is 3.86. The van der Waals surface area contributed by atoms with E-state index in [1.807, 2.05) is 0 Å². The van der Waals surface area contributed by atoms with E-state index in [-0.39, 0.29) is 0 Å². The van der Waals surface area contributed by atoms with E-state index in [4.69, 9.17) is 11.6 Å². The van der Waals surface area contributed by atoms with Crippen LogP contribution in [0.4, 0.5) is 26.3 Å². The molecule has 1 aromatic rings. The molecular formula is C11H8ClF6NO3. The quantitative estimate of drug-likeness (QED) is 0.473. The van der Waals surface area contributed by atoms with Crippen LogP contribution in [0.25, 0.3) is 0 Å². The van der Waals surface area contributed by atoms with Crippen molar-refractivity contribution in [2.24, 2.45) is 0 Å². The van der Waals surface area contributed by atoms with Crippen LogP contribution < -0.4 is 4.74 Å². The summed E-state index contributed by atoms with van der Waals surface area (Å²) in [6, 6.07) is 0. The summed E-state index contributed by atoms with van der Waals surface area (Å²) in [6.07, 6.45) is -10.8. The van der Waals surface area contributed by atoms with Gasteiger partial charge >= 0.3 is 18.5 Å². The van der Waals surface area contributed by atoms with Crippen molar-refractivity contribution in [3.63, 3.8) is 0 Å². The van der Waals surface area contributed by atoms with Crippen molar-refractivity contribution in [2.75, 3.05) is 7.11 Å². The second kappa shape index (κ2) is 6.59. The number of rotatable bonds is 4. The lowest BCUT2D eigenvalue weighted by Gasteiger charge is -2.19. The molecule has 22 heavy (non-hydrogen) atoms. The van der Waals surface area contributed by atoms with Gasteiger partial charge in [0, 0.05) is 11.8 Å². The maximum Gasteiger partial charge on any atom is 0.573 e. The van der Waals surface area contributed by atoms with Gasteiger partial charge in [-0.3, -0.25) is 9.78 Å². The molecule has 11 heteroatoms. The lowest BCUT2D eigenvalue weighted by atomic mass is 10.1. The Morgan fingerprint density at radius 2 is 1.86 bits per heavy atom. The van der Waals surface area contributed by atoms with Crippen LogP contribution >= 0.6 is 11.6 Å². The van der Waals surface area contributed by atoms with Gasteiger partial charge in [0.15, 0.2) is 5.75 Å². The molecule has 0 amide bonds. The Morgan fingerprint density at radius 3 is 2.27 bits per heavy atom. The van der Waals surface area contributed by atoms with Crippen molar-refractivity contribution >= 4 is 17.6 Å². The first-order valence-electron chi connectivity index (χ1n) is 5.46. The summed E-state index contributed by atoms with van der Waals surface area (Å²) in [5, 5.41) is 0. The highest BCUT2D eigenvalue weighted by Crippen LogP contribution is 2.39. The Morgan fingerprint density at radius 1 is 1.27 bits per heavy atom. The zero-order chi connectivity index (χ0) is 17.1. The first kappa shape index (κ1) is 18.3. The van der Waals surface area contributed by atoms with Crippen LogP contribution in [0.15, 0.2) is 6.20 Å². The van der Waals surface area contributed by atoms with Crippen LogP contribution in [0.2, 0.25) is 0 Å². The van der Waals surface area contributed by atoms with E-state index in [0.717, 1.165) is 7.11 Å². The predicted octanol–water partition coefficient (Wildman–Crippen LogP) is 3.45. The van der Waals surface area contributed by atoms with Gasteiger partial charge in [-0.05, 0) is 0 Å². The van der Waals surface area contributed by atoms with Gasteiger partial charge in [0.1, 0.15) is 0 Å². The molecule has 0 bridgehead atoms. The van der Waals surface area contributed by atoms with E-state index < -0.39 is 53.4 Å². The number of aromatic nitrogens is 1. The first-order valence-corrected chi connectivity index (χ1v) is 5.99. The number of carbonyl (C=O) groups is 1. The van der Waals surface area contributed by atoms with Crippen LogP contribution in [0.1, 0.15) is 16.8 Å². The Bertz CT molecular complexity index is 558. The molecule has 0 N–H and O–H groups in total. The van der Waals surface area contributed by atoms with E-state index >= 15 is 0 Å². The van der Waals surface area contributed by atoms with Gasteiger partial charge in [-0.25, -0.2) is 0 Å². The largest absolute Gasteiger partial charge is 0.573 e. The third-order valence-corrected chi connectivity index (χ3v) is 2.67. The molecule has 0 fully saturated rings. The Hall–Kier alpha value is -1.71. The lowest BCUT2D eigenvalue weighted by molar-refractivity contribution is -0.275. The Labute approximate surface area is 125 Å². The number of hydrogen-bond donors (Lipinski definition) is 0. The maximum absolute atomic E-state index is 12.8. The number of ether oxygens (including phenoxy) is 2. The van der Waals surface area contributed by atoms with E-state index in [9.17, 15) is 31.1 Å². The molecule has 0 saturated heterocycles. The number of halogens is 7. The minimum atomic E-state index is -5.28. The molecule has 4 nitrogen and oxygen atoms in total. The van der Waals surface area contributed by atoms with Crippen molar-refractivity contribution in [1.82, 2.24) is 4.98 Å². The molecule has 1 aromatic heterocycles. The van der Waals surface area contributed by atoms with E-state index in [2.05, 4.69) is 14.5 Å². The summed E-state index contributed by atoms with van der Waals surface area (Å²) < 4.78 is 83.3. The molecule has 0 saturated carbocycles. The van der Waals surface area contributed by atoms with Crippen molar-refractivity contribution in [3.05, 3.63) is 23.0 Å². The van der Waals surface area contributed by atoms with Gasteiger partial charge < -0.3 is 9.47 Å². The number of esters is 1. The maximum atomic E-state index is 12.8. The number of carbonyl (C=O) groups excluding carboxylic acids is 1. The number of methoxy groups -OCH3 is 1. The van der Waals surface area contributed by atoms with Crippen LogP contribution in [0, 0.1) is 0 Å². The Balaban J connectivity index is 3.49. The molecule has 0 radical (unpaired) electrons. The van der Waals surface area contributed by atoms with Crippen LogP contribution in [-0.4, -0.2) is 24.4 Å². The summed E-state index contributed by atoms with van der Waals surface area (Å²) in [6.45, 7) is 0. The molecule has 1 heterocycles. The number of nitrogens with zero attached hydrogens (tertiary/aromatic N) is 1. The van der Waals surface area contributed by atoms with Gasteiger partial charge in [0.05, 0.1) is 30.7 Å². The van der Waals surface area contributed by atoms with E-state index in [1.54, 1.807) is 0 Å². The fourth-order valence-electron chi connectivity index (χ4n) is 1.52. The van der Waals surface area contributed by atoms with E-state index in [0.29, 0.717) is 6.20 Å². The molecule has 0 spiro atoms. The van der Waals surface area contributed by atoms with Gasteiger partial charge in [-0.2, -0.15) is 13.2 Å². The molecule has 0 aliphatic heterocycles. The fraction of sp³-hybridized carbons (Fsp3) is 0.455. The molecule has 124 valence electrons. The zero-order valence-electron chi connectivity index (χ0n) is 10.8. The number of pyridine rings is 1. The molecule has 0 unspecified atom stereocenters. The third kappa shape index (κ3) is 4.65. The smallest absolute Gasteiger partial charge is 0.469 e. The molecule has 0 aromatic carbocycles. The van der Waals surface area contributed by atoms with Crippen molar-refractivity contribution in [1.29, 1.82) is 0 Å². The lowest BCUT2D eigenvalue weighted by Crippen LogP contribution is -2.22. The highest BCUT2D eigenvalue weighted by molar-refractivity contribution is 6.17. The minimum absolute atomic E-state index is 0.291. The monoisotopic (exact) mass is 351 g/mol. The first-order chi connectivity index (χ1) is 9.99. The summed E-state index contributed by atoms with van der Waals surface area (Å²) in [4.78, 5) is 14.3. The standard InChI is InChI=1S/C11H8ClF6NO3/c1-21-8(20)2-7-9(22-11(16,17)18)5(3-12)6(4-19-7)10(13,14)15/h4H,2-3H2,1H3. The van der Waals surface area contributed by atoms with Crippen molar-refractivity contribution in [2.45, 2.75) is 24.8 Å². The Kier molecular flexibility index (Phi) is 5.49. The average molecular weight is 352 g/mol. The van der Waals surface area contributed by atoms with Crippen LogP contribution in [-0.2, 0) is 28.0 Å². The van der Waals surface area contributed by atoms with Gasteiger partial charge in [-0.15, -0.1) is 24.8 Å². The highest BCUT2D eigenvalue weighted by atomic mass is 35.5. The second-order valence-corrected chi connectivity index (χ2v) is 4.13. The van der Waals surface area contributed by atoms with Crippen molar-refractivity contribution in [3.8, 4) is 5.75 Å². The van der Waals surface area contributed by atoms with E-state index in [1.165, 1.54) is 0 Å². The predicted molar refractivity (Wildman–Crippen MR) is 61.2 cm³/mol. The van der Waals surface area contributed by atoms with Gasteiger partial charge in [0.25, 0.3) is 0 Å². The summed E-state index contributed by atoms with van der Waals surface area (Å²) in [5.41, 5.74) is -3.09. The number of alkyl halides is 7. The van der Waals surface area contributed by atoms with Crippen LogP contribution in [0.3, 0.4) is 0 Å². The normalized spacial score (nSPS) is 12.2. The zero-order valence-corrected chi connectivity index (χ0v) is 11.6. The summed E-state index contributed by atoms with van der Waals surface area (Å²) >= 11 is 5.32. The molecule has 0 aliphatic carbocycles. The summed E-state index contributed by atoms with van der Waals surface area (Å²) in [5.74, 6) is -3.17. The van der Waals surface area contributed by atoms with Crippen molar-refractivity contribution < 1.29 is 40.6 Å². The van der Waals surface area contributed by atoms with Gasteiger partial charge in [0.2, 0.25) is 0 Å². The molecular weight excluding hydrogens is 344 g/mol. The molecule has 1 rings (SSSR count). The minimum Gasteiger partial charge on any atom is -0.469 e. The fourth-order valence-corrected chi connectivity index (χ4v) is 1.79. The molecule has 0 atom stereocenters. The van der Waals surface area contributed by atoms with Gasteiger partial charge in [-0.1, -0.05) is 0 Å². The third-order valence-electron chi connectivity index (χ3n) is 2.41. The summed E-state index contributed by atoms with van der Waals surface area (Å²) in [7, 11) is 0.958. The highest BCUT2D eigenvalue weighted by Gasteiger charge is 2.39.